The van der Waals surface area contributed by atoms with Crippen LogP contribution in [0.5, 0.6) is 0 Å². The largest absolute Gasteiger partial charge is 0.303 e. The molecule has 1 N–H and O–H groups in total. The highest BCUT2D eigenvalue weighted by Crippen LogP contribution is 2.49. The molecule has 0 radical (unpaired) electrons. The highest BCUT2D eigenvalue weighted by atomic mass is 15.3. The predicted molar refractivity (Wildman–Crippen MR) is 38.4 cm³/mol. The van der Waals surface area contributed by atoms with Gasteiger partial charge in [-0.25, -0.2) is 0 Å². The van der Waals surface area contributed by atoms with Gasteiger partial charge < -0.3 is 5.32 Å². The minimum absolute atomic E-state index is 0.476. The van der Waals surface area contributed by atoms with Crippen molar-refractivity contribution in [2.24, 2.45) is 0 Å². The Morgan fingerprint density at radius 3 is 1.78 bits per heavy atom. The molecule has 1 aliphatic heterocycles. The molecule has 1 nitrogen and oxygen atoms in total. The van der Waals surface area contributed by atoms with Gasteiger partial charge in [0.1, 0.15) is 0 Å². The molecule has 1 saturated heterocycles. The van der Waals surface area contributed by atoms with E-state index in [1.165, 1.54) is 25.7 Å². The van der Waals surface area contributed by atoms with Crippen LogP contribution in [0.3, 0.4) is 0 Å². The van der Waals surface area contributed by atoms with Gasteiger partial charge in [-0.2, -0.15) is 0 Å². The van der Waals surface area contributed by atoms with Crippen molar-refractivity contribution in [3.63, 3.8) is 0 Å². The molecule has 1 saturated carbocycles. The van der Waals surface area contributed by atoms with Crippen molar-refractivity contribution in [3.8, 4) is 0 Å². The van der Waals surface area contributed by atoms with Crippen LogP contribution >= 0.6 is 0 Å². The van der Waals surface area contributed by atoms with Crippen molar-refractivity contribution < 1.29 is 0 Å². The average molecular weight is 125 g/mol. The zero-order valence-electron chi connectivity index (χ0n) is 6.33. The minimum Gasteiger partial charge on any atom is -0.303 e. The summed E-state index contributed by atoms with van der Waals surface area (Å²) in [4.78, 5) is 0. The van der Waals surface area contributed by atoms with Crippen molar-refractivity contribution in [1.29, 1.82) is 0 Å². The topological polar surface area (TPSA) is 21.9 Å². The Morgan fingerprint density at radius 2 is 1.56 bits per heavy atom. The van der Waals surface area contributed by atoms with E-state index in [4.69, 9.17) is 0 Å². The smallest absolute Gasteiger partial charge is 0.0363 e. The van der Waals surface area contributed by atoms with Crippen LogP contribution < -0.4 is 5.32 Å². The first-order valence-electron chi connectivity index (χ1n) is 3.96. The van der Waals surface area contributed by atoms with Gasteiger partial charge in [-0.1, -0.05) is 12.8 Å². The molecule has 0 amide bonds. The first kappa shape index (κ1) is 5.72. The van der Waals surface area contributed by atoms with E-state index in [2.05, 4.69) is 19.2 Å². The van der Waals surface area contributed by atoms with Gasteiger partial charge in [0.05, 0.1) is 0 Å². The predicted octanol–water partition coefficient (Wildman–Crippen LogP) is 1.68. The molecule has 2 aliphatic rings. The number of rotatable bonds is 0. The highest BCUT2D eigenvalue weighted by Gasteiger charge is 2.60. The molecular weight excluding hydrogens is 110 g/mol. The lowest BCUT2D eigenvalue weighted by Crippen LogP contribution is -2.15. The van der Waals surface area contributed by atoms with Gasteiger partial charge in [0.2, 0.25) is 0 Å². The summed E-state index contributed by atoms with van der Waals surface area (Å²) in [5, 5.41) is 3.58. The first-order valence-corrected chi connectivity index (χ1v) is 3.96. The Labute approximate surface area is 56.8 Å². The van der Waals surface area contributed by atoms with Crippen LogP contribution in [0.1, 0.15) is 39.5 Å². The molecule has 0 unspecified atom stereocenters. The van der Waals surface area contributed by atoms with Gasteiger partial charge in [-0.05, 0) is 26.7 Å². The quantitative estimate of drug-likeness (QED) is 0.489. The maximum absolute atomic E-state index is 3.58. The monoisotopic (exact) mass is 125 g/mol. The SMILES string of the molecule is CC1(C)NC12CCCC2. The maximum Gasteiger partial charge on any atom is 0.0363 e. The third-order valence-electron chi connectivity index (χ3n) is 3.14. The third-order valence-corrected chi connectivity index (χ3v) is 3.14. The molecule has 0 aromatic carbocycles. The van der Waals surface area contributed by atoms with Gasteiger partial charge in [0.15, 0.2) is 0 Å². The van der Waals surface area contributed by atoms with Crippen LogP contribution in [0.4, 0.5) is 0 Å². The molecule has 1 heteroatoms. The molecule has 0 aromatic rings. The van der Waals surface area contributed by atoms with Gasteiger partial charge in [0, 0.05) is 11.1 Å². The normalized spacial score (nSPS) is 35.3. The first-order chi connectivity index (χ1) is 4.16. The lowest BCUT2D eigenvalue weighted by molar-refractivity contribution is 0.571. The van der Waals surface area contributed by atoms with Crippen molar-refractivity contribution in [2.45, 2.75) is 50.6 Å². The summed E-state index contributed by atoms with van der Waals surface area (Å²) in [6.07, 6.45) is 5.72. The molecule has 0 bridgehead atoms. The summed E-state index contributed by atoms with van der Waals surface area (Å²) >= 11 is 0. The van der Waals surface area contributed by atoms with E-state index in [9.17, 15) is 0 Å². The highest BCUT2D eigenvalue weighted by molar-refractivity contribution is 5.23. The van der Waals surface area contributed by atoms with Crippen molar-refractivity contribution in [1.82, 2.24) is 5.32 Å². The number of hydrogen-bond donors (Lipinski definition) is 1. The summed E-state index contributed by atoms with van der Waals surface area (Å²) in [5.74, 6) is 0. The number of nitrogens with one attached hydrogen (secondary N) is 1. The van der Waals surface area contributed by atoms with E-state index in [0.29, 0.717) is 11.1 Å². The van der Waals surface area contributed by atoms with E-state index in [0.717, 1.165) is 0 Å². The fraction of sp³-hybridized carbons (Fsp3) is 1.00. The van der Waals surface area contributed by atoms with Gasteiger partial charge in [-0.3, -0.25) is 0 Å². The molecular formula is C8H15N. The molecule has 0 aromatic heterocycles. The Bertz CT molecular complexity index is 126. The van der Waals surface area contributed by atoms with Crippen LogP contribution in [0.25, 0.3) is 0 Å². The third kappa shape index (κ3) is 0.586. The summed E-state index contributed by atoms with van der Waals surface area (Å²) in [6, 6.07) is 0. The zero-order chi connectivity index (χ0) is 6.54. The van der Waals surface area contributed by atoms with E-state index in [-0.39, 0.29) is 0 Å². The fourth-order valence-electron chi connectivity index (χ4n) is 2.30. The molecule has 52 valence electrons. The van der Waals surface area contributed by atoms with Crippen LogP contribution in [0.15, 0.2) is 0 Å². The summed E-state index contributed by atoms with van der Waals surface area (Å²) in [6.45, 7) is 4.64. The lowest BCUT2D eigenvalue weighted by Gasteiger charge is -2.06. The van der Waals surface area contributed by atoms with Crippen LogP contribution in [0, 0.1) is 0 Å². The summed E-state index contributed by atoms with van der Waals surface area (Å²) in [7, 11) is 0. The molecule has 1 heterocycles. The molecule has 2 fully saturated rings. The average Bonchev–Trinajstić information content (AvgIpc) is 2.27. The Kier molecular flexibility index (Phi) is 0.852. The lowest BCUT2D eigenvalue weighted by atomic mass is 9.95. The van der Waals surface area contributed by atoms with Gasteiger partial charge in [0.25, 0.3) is 0 Å². The van der Waals surface area contributed by atoms with E-state index >= 15 is 0 Å². The van der Waals surface area contributed by atoms with Crippen molar-refractivity contribution in [3.05, 3.63) is 0 Å². The molecule has 2 rings (SSSR count). The van der Waals surface area contributed by atoms with Crippen LogP contribution in [-0.2, 0) is 0 Å². The second-order valence-electron chi connectivity index (χ2n) is 4.04. The Morgan fingerprint density at radius 1 is 1.11 bits per heavy atom. The van der Waals surface area contributed by atoms with Crippen LogP contribution in [-0.4, -0.2) is 11.1 Å². The second-order valence-corrected chi connectivity index (χ2v) is 4.04. The Balaban J connectivity index is 2.13. The van der Waals surface area contributed by atoms with Gasteiger partial charge in [-0.15, -0.1) is 0 Å². The number of hydrogen-bond acceptors (Lipinski definition) is 1. The fourth-order valence-corrected chi connectivity index (χ4v) is 2.30. The van der Waals surface area contributed by atoms with Crippen molar-refractivity contribution >= 4 is 0 Å². The Hall–Kier alpha value is -0.0400. The summed E-state index contributed by atoms with van der Waals surface area (Å²) in [5.41, 5.74) is 1.07. The van der Waals surface area contributed by atoms with Crippen molar-refractivity contribution in [2.75, 3.05) is 0 Å². The summed E-state index contributed by atoms with van der Waals surface area (Å²) < 4.78 is 0. The zero-order valence-corrected chi connectivity index (χ0v) is 6.33. The maximum atomic E-state index is 3.58. The molecule has 1 aliphatic carbocycles. The van der Waals surface area contributed by atoms with E-state index in [1.807, 2.05) is 0 Å². The van der Waals surface area contributed by atoms with E-state index in [1.54, 1.807) is 0 Å². The molecule has 1 spiro atoms. The van der Waals surface area contributed by atoms with Gasteiger partial charge >= 0.3 is 0 Å². The van der Waals surface area contributed by atoms with E-state index < -0.39 is 0 Å². The minimum atomic E-state index is 0.476. The molecule has 9 heavy (non-hydrogen) atoms. The standard InChI is InChI=1S/C8H15N/c1-7(2)8(9-7)5-3-4-6-8/h9H,3-6H2,1-2H3. The molecule has 0 atom stereocenters. The van der Waals surface area contributed by atoms with Crippen LogP contribution in [0.2, 0.25) is 0 Å². The second kappa shape index (κ2) is 1.34.